The first-order chi connectivity index (χ1) is 10.2. The van der Waals surface area contributed by atoms with Crippen LogP contribution in [-0.2, 0) is 17.9 Å². The van der Waals surface area contributed by atoms with Crippen LogP contribution in [0, 0.1) is 5.41 Å². The SMILES string of the molecule is N=C(NCc1ccccc1)NC(=O)OCc1ccccc1.[Cl-].[H+]. The summed E-state index contributed by atoms with van der Waals surface area (Å²) in [4.78, 5) is 11.5. The molecule has 22 heavy (non-hydrogen) atoms. The number of alkyl carbamates (subject to hydrolysis) is 1. The van der Waals surface area contributed by atoms with Crippen LogP contribution in [0.1, 0.15) is 12.6 Å². The Kier molecular flexibility index (Phi) is 7.50. The largest absolute Gasteiger partial charge is 1.00 e. The monoisotopic (exact) mass is 319 g/mol. The third kappa shape index (κ3) is 6.28. The zero-order chi connectivity index (χ0) is 14.9. The number of ether oxygens (including phenoxy) is 1. The zero-order valence-corrected chi connectivity index (χ0v) is 12.6. The van der Waals surface area contributed by atoms with Crippen molar-refractivity contribution in [3.63, 3.8) is 0 Å². The van der Waals surface area contributed by atoms with Gasteiger partial charge in [-0.05, 0) is 11.1 Å². The first-order valence-electron chi connectivity index (χ1n) is 6.58. The minimum Gasteiger partial charge on any atom is -1.00 e. The molecule has 116 valence electrons. The molecule has 1 amide bonds. The standard InChI is InChI=1S/C16H17N3O2.ClH/c17-15(18-11-13-7-3-1-4-8-13)19-16(20)21-12-14-9-5-2-6-10-14;/h1-10H,11-12H2,(H3,17,18,19,20);1H. The van der Waals surface area contributed by atoms with Crippen molar-refractivity contribution >= 4 is 12.1 Å². The highest BCUT2D eigenvalue weighted by Crippen LogP contribution is 2.00. The number of nitrogens with one attached hydrogen (secondary N) is 3. The van der Waals surface area contributed by atoms with Crippen LogP contribution < -0.4 is 23.0 Å². The van der Waals surface area contributed by atoms with E-state index in [1.165, 1.54) is 0 Å². The smallest absolute Gasteiger partial charge is 1.00 e. The number of carbonyl (C=O) groups is 1. The second kappa shape index (κ2) is 9.41. The molecular weight excluding hydrogens is 302 g/mol. The maximum atomic E-state index is 11.5. The van der Waals surface area contributed by atoms with E-state index in [9.17, 15) is 4.79 Å². The first-order valence-corrected chi connectivity index (χ1v) is 6.58. The van der Waals surface area contributed by atoms with Crippen molar-refractivity contribution < 1.29 is 23.4 Å². The maximum absolute atomic E-state index is 11.5. The molecule has 0 aliphatic rings. The maximum Gasteiger partial charge on any atom is 1.00 e. The number of rotatable bonds is 4. The fraction of sp³-hybridized carbons (Fsp3) is 0.125. The van der Waals surface area contributed by atoms with E-state index >= 15 is 0 Å². The summed E-state index contributed by atoms with van der Waals surface area (Å²) in [6.07, 6.45) is -0.649. The van der Waals surface area contributed by atoms with E-state index in [1.807, 2.05) is 60.7 Å². The summed E-state index contributed by atoms with van der Waals surface area (Å²) in [7, 11) is 0. The number of benzene rings is 2. The van der Waals surface area contributed by atoms with Gasteiger partial charge in [-0.2, -0.15) is 0 Å². The van der Waals surface area contributed by atoms with E-state index in [2.05, 4.69) is 10.6 Å². The van der Waals surface area contributed by atoms with Crippen LogP contribution >= 0.6 is 0 Å². The second-order valence-corrected chi connectivity index (χ2v) is 4.40. The van der Waals surface area contributed by atoms with Crippen molar-refractivity contribution in [3.05, 3.63) is 71.8 Å². The summed E-state index contributed by atoms with van der Waals surface area (Å²) in [5.74, 6) is -0.0862. The van der Waals surface area contributed by atoms with Crippen LogP contribution in [0.2, 0.25) is 0 Å². The van der Waals surface area contributed by atoms with E-state index < -0.39 is 6.09 Å². The molecule has 0 atom stereocenters. The number of guanidine groups is 1. The Balaban J connectivity index is 0.00000242. The molecule has 0 aliphatic carbocycles. The van der Waals surface area contributed by atoms with E-state index in [1.54, 1.807) is 0 Å². The van der Waals surface area contributed by atoms with E-state index in [-0.39, 0.29) is 26.4 Å². The highest BCUT2D eigenvalue weighted by molar-refractivity contribution is 5.91. The highest BCUT2D eigenvalue weighted by Gasteiger charge is 2.05. The lowest BCUT2D eigenvalue weighted by atomic mass is 10.2. The lowest BCUT2D eigenvalue weighted by molar-refractivity contribution is -0.0000107. The van der Waals surface area contributed by atoms with Crippen LogP contribution in [0.25, 0.3) is 0 Å². The van der Waals surface area contributed by atoms with Crippen molar-refractivity contribution in [1.82, 2.24) is 10.6 Å². The molecule has 5 nitrogen and oxygen atoms in total. The van der Waals surface area contributed by atoms with Crippen LogP contribution in [0.5, 0.6) is 0 Å². The minimum absolute atomic E-state index is 0. The Hall–Kier alpha value is -2.53. The Morgan fingerprint density at radius 2 is 1.55 bits per heavy atom. The molecule has 6 heteroatoms. The molecule has 0 heterocycles. The van der Waals surface area contributed by atoms with Crippen LogP contribution in [-0.4, -0.2) is 12.1 Å². The molecule has 2 rings (SSSR count). The van der Waals surface area contributed by atoms with Gasteiger partial charge in [0.05, 0.1) is 0 Å². The molecule has 2 aromatic carbocycles. The number of amides is 1. The molecule has 0 spiro atoms. The van der Waals surface area contributed by atoms with Crippen molar-refractivity contribution in [1.29, 1.82) is 5.41 Å². The molecule has 0 radical (unpaired) electrons. The van der Waals surface area contributed by atoms with Crippen molar-refractivity contribution in [2.75, 3.05) is 0 Å². The number of hydrogen-bond donors (Lipinski definition) is 3. The summed E-state index contributed by atoms with van der Waals surface area (Å²) in [6.45, 7) is 0.650. The molecular formula is C16H18ClN3O2. The van der Waals surface area contributed by atoms with Crippen molar-refractivity contribution in [3.8, 4) is 0 Å². The predicted molar refractivity (Wildman–Crippen MR) is 81.9 cm³/mol. The lowest BCUT2D eigenvalue weighted by Gasteiger charge is -2.10. The average molecular weight is 320 g/mol. The van der Waals surface area contributed by atoms with Crippen LogP contribution in [0.15, 0.2) is 60.7 Å². The average Bonchev–Trinajstić information content (AvgIpc) is 2.53. The van der Waals surface area contributed by atoms with Gasteiger partial charge in [0.15, 0.2) is 5.96 Å². The van der Waals surface area contributed by atoms with Gasteiger partial charge in [-0.15, -0.1) is 0 Å². The molecule has 3 N–H and O–H groups in total. The molecule has 0 fully saturated rings. The highest BCUT2D eigenvalue weighted by atomic mass is 35.5. The fourth-order valence-electron chi connectivity index (χ4n) is 1.69. The van der Waals surface area contributed by atoms with Crippen molar-refractivity contribution in [2.45, 2.75) is 13.2 Å². The fourth-order valence-corrected chi connectivity index (χ4v) is 1.69. The Morgan fingerprint density at radius 3 is 2.14 bits per heavy atom. The van der Waals surface area contributed by atoms with E-state index in [0.29, 0.717) is 6.54 Å². The van der Waals surface area contributed by atoms with Gasteiger partial charge < -0.3 is 22.5 Å². The van der Waals surface area contributed by atoms with Gasteiger partial charge in [-0.25, -0.2) is 4.79 Å². The number of hydrogen-bond acceptors (Lipinski definition) is 3. The minimum atomic E-state index is -0.649. The number of halogens is 1. The number of carbonyl (C=O) groups excluding carboxylic acids is 1. The van der Waals surface area contributed by atoms with E-state index in [0.717, 1.165) is 11.1 Å². The summed E-state index contributed by atoms with van der Waals surface area (Å²) >= 11 is 0. The van der Waals surface area contributed by atoms with Gasteiger partial charge in [-0.3, -0.25) is 10.7 Å². The van der Waals surface area contributed by atoms with Gasteiger partial charge in [0, 0.05) is 6.54 Å². The molecule has 0 bridgehead atoms. The van der Waals surface area contributed by atoms with Crippen molar-refractivity contribution in [2.24, 2.45) is 0 Å². The Bertz CT molecular complexity index is 543. The summed E-state index contributed by atoms with van der Waals surface area (Å²) in [5, 5.41) is 12.8. The quantitative estimate of drug-likeness (QED) is 0.537. The predicted octanol–water partition coefficient (Wildman–Crippen LogP) is -0.246. The molecule has 0 saturated heterocycles. The summed E-state index contributed by atoms with van der Waals surface area (Å²) in [5.41, 5.74) is 1.93. The van der Waals surface area contributed by atoms with Gasteiger partial charge in [0.2, 0.25) is 0 Å². The third-order valence-corrected chi connectivity index (χ3v) is 2.75. The topological polar surface area (TPSA) is 74.2 Å². The van der Waals surface area contributed by atoms with Gasteiger partial charge in [0.1, 0.15) is 6.61 Å². The Labute approximate surface area is 137 Å². The lowest BCUT2D eigenvalue weighted by Crippen LogP contribution is -3.00. The van der Waals surface area contributed by atoms with Gasteiger partial charge in [0.25, 0.3) is 0 Å². The van der Waals surface area contributed by atoms with Crippen LogP contribution in [0.4, 0.5) is 4.79 Å². The molecule has 0 saturated carbocycles. The second-order valence-electron chi connectivity index (χ2n) is 4.40. The molecule has 0 aliphatic heterocycles. The van der Waals surface area contributed by atoms with E-state index in [4.69, 9.17) is 10.1 Å². The van der Waals surface area contributed by atoms with Gasteiger partial charge in [-0.1, -0.05) is 60.7 Å². The normalized spacial score (nSPS) is 9.27. The van der Waals surface area contributed by atoms with Gasteiger partial charge >= 0.3 is 7.52 Å². The summed E-state index contributed by atoms with van der Waals surface area (Å²) < 4.78 is 5.02. The zero-order valence-electron chi connectivity index (χ0n) is 12.9. The molecule has 0 aromatic heterocycles. The Morgan fingerprint density at radius 1 is 1.00 bits per heavy atom. The molecule has 2 aromatic rings. The van der Waals surface area contributed by atoms with Crippen LogP contribution in [0.3, 0.4) is 0 Å². The summed E-state index contributed by atoms with van der Waals surface area (Å²) in [6, 6.07) is 19.0. The molecule has 0 unspecified atom stereocenters. The third-order valence-electron chi connectivity index (χ3n) is 2.75. The first kappa shape index (κ1) is 17.5.